The molecule has 9 heteroatoms. The number of piperidine rings is 1. The molecule has 0 saturated carbocycles. The highest BCUT2D eigenvalue weighted by molar-refractivity contribution is 5.82. The zero-order valence-corrected chi connectivity index (χ0v) is 17.7. The molecule has 1 fully saturated rings. The molecule has 1 aliphatic heterocycles. The van der Waals surface area contributed by atoms with E-state index in [2.05, 4.69) is 10.6 Å². The van der Waals surface area contributed by atoms with E-state index in [4.69, 9.17) is 9.47 Å². The van der Waals surface area contributed by atoms with Crippen molar-refractivity contribution in [3.05, 3.63) is 30.1 Å². The fourth-order valence-corrected chi connectivity index (χ4v) is 3.02. The maximum absolute atomic E-state index is 13.2. The molecule has 1 aromatic rings. The van der Waals surface area contributed by atoms with Crippen molar-refractivity contribution >= 4 is 17.9 Å². The first-order valence-corrected chi connectivity index (χ1v) is 10.0. The SMILES string of the molecule is CC(C)(C)OC(=O)NCCNC(=O)C1CCCN(C(=O)COc2cccc(F)c2)C1. The van der Waals surface area contributed by atoms with Crippen LogP contribution in [0.4, 0.5) is 9.18 Å². The summed E-state index contributed by atoms with van der Waals surface area (Å²) < 4.78 is 23.7. The molecule has 2 N–H and O–H groups in total. The molecule has 2 rings (SSSR count). The number of hydrogen-bond donors (Lipinski definition) is 2. The minimum atomic E-state index is -0.580. The van der Waals surface area contributed by atoms with E-state index in [1.807, 2.05) is 0 Å². The molecule has 0 aliphatic carbocycles. The van der Waals surface area contributed by atoms with E-state index >= 15 is 0 Å². The summed E-state index contributed by atoms with van der Waals surface area (Å²) in [5.41, 5.74) is -0.580. The predicted octanol–water partition coefficient (Wildman–Crippen LogP) is 2.08. The third-order valence-electron chi connectivity index (χ3n) is 4.40. The summed E-state index contributed by atoms with van der Waals surface area (Å²) in [6.45, 7) is 6.47. The third-order valence-corrected chi connectivity index (χ3v) is 4.40. The van der Waals surface area contributed by atoms with Crippen LogP contribution in [-0.2, 0) is 14.3 Å². The van der Waals surface area contributed by atoms with E-state index in [0.29, 0.717) is 25.9 Å². The van der Waals surface area contributed by atoms with E-state index in [1.165, 1.54) is 18.2 Å². The quantitative estimate of drug-likeness (QED) is 0.655. The van der Waals surface area contributed by atoms with Crippen molar-refractivity contribution in [2.75, 3.05) is 32.8 Å². The number of nitrogens with zero attached hydrogens (tertiary/aromatic N) is 1. The van der Waals surface area contributed by atoms with Crippen LogP contribution in [0.5, 0.6) is 5.75 Å². The highest BCUT2D eigenvalue weighted by Crippen LogP contribution is 2.18. The molecule has 1 unspecified atom stereocenters. The Balaban J connectivity index is 1.70. The van der Waals surface area contributed by atoms with Gasteiger partial charge in [0.25, 0.3) is 5.91 Å². The van der Waals surface area contributed by atoms with Gasteiger partial charge in [-0.05, 0) is 45.7 Å². The van der Waals surface area contributed by atoms with Crippen LogP contribution in [0.2, 0.25) is 0 Å². The number of rotatable bonds is 7. The summed E-state index contributed by atoms with van der Waals surface area (Å²) in [6.07, 6.45) is 0.851. The van der Waals surface area contributed by atoms with Gasteiger partial charge in [-0.2, -0.15) is 0 Å². The molecule has 1 atom stereocenters. The summed E-state index contributed by atoms with van der Waals surface area (Å²) in [7, 11) is 0. The zero-order valence-electron chi connectivity index (χ0n) is 17.7. The van der Waals surface area contributed by atoms with Crippen molar-refractivity contribution in [3.8, 4) is 5.75 Å². The van der Waals surface area contributed by atoms with Crippen LogP contribution >= 0.6 is 0 Å². The van der Waals surface area contributed by atoms with Gasteiger partial charge in [-0.25, -0.2) is 9.18 Å². The normalized spacial score (nSPS) is 16.5. The second-order valence-corrected chi connectivity index (χ2v) is 8.14. The number of ether oxygens (including phenoxy) is 2. The molecule has 1 aromatic carbocycles. The minimum absolute atomic E-state index is 0.162. The fourth-order valence-electron chi connectivity index (χ4n) is 3.02. The number of carbonyl (C=O) groups is 3. The Morgan fingerprint density at radius 3 is 2.63 bits per heavy atom. The minimum Gasteiger partial charge on any atom is -0.484 e. The standard InChI is InChI=1S/C21H30FN3O5/c1-21(2,3)30-20(28)24-10-9-23-19(27)15-6-5-11-25(13-15)18(26)14-29-17-8-4-7-16(22)12-17/h4,7-8,12,15H,5-6,9-11,13-14H2,1-3H3,(H,23,27)(H,24,28). The first-order valence-electron chi connectivity index (χ1n) is 10.0. The number of benzene rings is 1. The molecule has 0 aromatic heterocycles. The van der Waals surface area contributed by atoms with Crippen LogP contribution in [-0.4, -0.2) is 61.2 Å². The highest BCUT2D eigenvalue weighted by atomic mass is 19.1. The Hall–Kier alpha value is -2.84. The van der Waals surface area contributed by atoms with Gasteiger partial charge in [-0.1, -0.05) is 6.07 Å². The van der Waals surface area contributed by atoms with Crippen LogP contribution < -0.4 is 15.4 Å². The summed E-state index contributed by atoms with van der Waals surface area (Å²) in [5, 5.41) is 5.35. The Morgan fingerprint density at radius 2 is 1.93 bits per heavy atom. The largest absolute Gasteiger partial charge is 0.484 e. The van der Waals surface area contributed by atoms with E-state index in [9.17, 15) is 18.8 Å². The van der Waals surface area contributed by atoms with Gasteiger partial charge in [0.15, 0.2) is 6.61 Å². The van der Waals surface area contributed by atoms with Gasteiger partial charge >= 0.3 is 6.09 Å². The van der Waals surface area contributed by atoms with Crippen molar-refractivity contribution in [2.24, 2.45) is 5.92 Å². The predicted molar refractivity (Wildman–Crippen MR) is 108 cm³/mol. The smallest absolute Gasteiger partial charge is 0.407 e. The van der Waals surface area contributed by atoms with Crippen LogP contribution in [0.25, 0.3) is 0 Å². The number of halogens is 1. The molecule has 30 heavy (non-hydrogen) atoms. The van der Waals surface area contributed by atoms with Gasteiger partial charge in [0.05, 0.1) is 5.92 Å². The highest BCUT2D eigenvalue weighted by Gasteiger charge is 2.28. The number of likely N-dealkylation sites (tertiary alicyclic amines) is 1. The van der Waals surface area contributed by atoms with Gasteiger partial charge in [-0.3, -0.25) is 9.59 Å². The maximum Gasteiger partial charge on any atom is 0.407 e. The van der Waals surface area contributed by atoms with Crippen LogP contribution in [0.3, 0.4) is 0 Å². The monoisotopic (exact) mass is 423 g/mol. The number of alkyl carbamates (subject to hydrolysis) is 1. The van der Waals surface area contributed by atoms with Crippen molar-refractivity contribution < 1.29 is 28.2 Å². The second-order valence-electron chi connectivity index (χ2n) is 8.14. The van der Waals surface area contributed by atoms with E-state index in [0.717, 1.165) is 0 Å². The molecule has 8 nitrogen and oxygen atoms in total. The summed E-state index contributed by atoms with van der Waals surface area (Å²) in [4.78, 5) is 38.0. The maximum atomic E-state index is 13.2. The zero-order chi connectivity index (χ0) is 22.1. The van der Waals surface area contributed by atoms with E-state index in [1.54, 1.807) is 31.7 Å². The van der Waals surface area contributed by atoms with Gasteiger partial charge < -0.3 is 25.0 Å². The summed E-state index contributed by atoms with van der Waals surface area (Å²) >= 11 is 0. The lowest BCUT2D eigenvalue weighted by Gasteiger charge is -2.32. The average molecular weight is 423 g/mol. The molecule has 166 valence electrons. The van der Waals surface area contributed by atoms with Crippen LogP contribution in [0.15, 0.2) is 24.3 Å². The molecule has 3 amide bonds. The molecule has 0 spiro atoms. The lowest BCUT2D eigenvalue weighted by molar-refractivity contribution is -0.137. The Kier molecular flexibility index (Phi) is 8.44. The molecule has 1 heterocycles. The summed E-state index contributed by atoms with van der Waals surface area (Å²) in [5.74, 6) is -0.880. The van der Waals surface area contributed by atoms with Crippen LogP contribution in [0.1, 0.15) is 33.6 Å². The average Bonchev–Trinajstić information content (AvgIpc) is 2.68. The Morgan fingerprint density at radius 1 is 1.20 bits per heavy atom. The number of amides is 3. The van der Waals surface area contributed by atoms with Gasteiger partial charge in [0, 0.05) is 32.2 Å². The Bertz CT molecular complexity index is 750. The lowest BCUT2D eigenvalue weighted by Crippen LogP contribution is -2.47. The lowest BCUT2D eigenvalue weighted by atomic mass is 9.97. The van der Waals surface area contributed by atoms with Gasteiger partial charge in [0.2, 0.25) is 5.91 Å². The van der Waals surface area contributed by atoms with Crippen molar-refractivity contribution in [3.63, 3.8) is 0 Å². The van der Waals surface area contributed by atoms with E-state index < -0.39 is 17.5 Å². The number of hydrogen-bond acceptors (Lipinski definition) is 5. The third kappa shape index (κ3) is 8.26. The van der Waals surface area contributed by atoms with Crippen molar-refractivity contribution in [2.45, 2.75) is 39.2 Å². The fraction of sp³-hybridized carbons (Fsp3) is 0.571. The first kappa shape index (κ1) is 23.4. The summed E-state index contributed by atoms with van der Waals surface area (Å²) in [6, 6.07) is 5.60. The molecular formula is C21H30FN3O5. The molecule has 1 saturated heterocycles. The molecular weight excluding hydrogens is 393 g/mol. The second kappa shape index (κ2) is 10.8. The Labute approximate surface area is 176 Å². The number of carbonyl (C=O) groups excluding carboxylic acids is 3. The van der Waals surface area contributed by atoms with Crippen molar-refractivity contribution in [1.82, 2.24) is 15.5 Å². The van der Waals surface area contributed by atoms with Crippen molar-refractivity contribution in [1.29, 1.82) is 0 Å². The molecule has 1 aliphatic rings. The van der Waals surface area contributed by atoms with Gasteiger partial charge in [-0.15, -0.1) is 0 Å². The molecule has 0 bridgehead atoms. The number of nitrogens with one attached hydrogen (secondary N) is 2. The van der Waals surface area contributed by atoms with Gasteiger partial charge in [0.1, 0.15) is 17.2 Å². The van der Waals surface area contributed by atoms with E-state index in [-0.39, 0.29) is 43.2 Å². The topological polar surface area (TPSA) is 97.0 Å². The first-order chi connectivity index (χ1) is 14.1. The van der Waals surface area contributed by atoms with Crippen LogP contribution in [0, 0.1) is 11.7 Å². The molecule has 0 radical (unpaired) electrons.